The van der Waals surface area contributed by atoms with E-state index in [4.69, 9.17) is 0 Å². The SMILES string of the molecule is CC1CNCC(N2CCC(C(C)(C)C)CC2)C1. The van der Waals surface area contributed by atoms with Gasteiger partial charge in [-0.2, -0.15) is 0 Å². The van der Waals surface area contributed by atoms with Crippen LogP contribution in [0.25, 0.3) is 0 Å². The predicted octanol–water partition coefficient (Wildman–Crippen LogP) is 2.74. The Morgan fingerprint density at radius 2 is 1.71 bits per heavy atom. The highest BCUT2D eigenvalue weighted by atomic mass is 15.2. The van der Waals surface area contributed by atoms with Gasteiger partial charge in [0.25, 0.3) is 0 Å². The van der Waals surface area contributed by atoms with Gasteiger partial charge in [0.05, 0.1) is 0 Å². The van der Waals surface area contributed by atoms with Crippen molar-refractivity contribution in [2.45, 2.75) is 53.0 Å². The van der Waals surface area contributed by atoms with Crippen LogP contribution in [0.2, 0.25) is 0 Å². The summed E-state index contributed by atoms with van der Waals surface area (Å²) >= 11 is 0. The second-order valence-electron chi connectivity index (χ2n) is 7.33. The molecule has 2 unspecified atom stereocenters. The molecule has 17 heavy (non-hydrogen) atoms. The van der Waals surface area contributed by atoms with Crippen LogP contribution in [0.3, 0.4) is 0 Å². The molecule has 2 fully saturated rings. The van der Waals surface area contributed by atoms with Gasteiger partial charge in [0.1, 0.15) is 0 Å². The number of likely N-dealkylation sites (tertiary alicyclic amines) is 1. The lowest BCUT2D eigenvalue weighted by molar-refractivity contribution is 0.0656. The highest BCUT2D eigenvalue weighted by molar-refractivity contribution is 4.87. The monoisotopic (exact) mass is 238 g/mol. The molecule has 0 aromatic heterocycles. The van der Waals surface area contributed by atoms with Crippen molar-refractivity contribution in [3.8, 4) is 0 Å². The summed E-state index contributed by atoms with van der Waals surface area (Å²) in [5.74, 6) is 1.78. The molecule has 0 bridgehead atoms. The van der Waals surface area contributed by atoms with Crippen LogP contribution in [-0.4, -0.2) is 37.1 Å². The van der Waals surface area contributed by atoms with Crippen molar-refractivity contribution in [3.63, 3.8) is 0 Å². The third-order valence-corrected chi connectivity index (χ3v) is 4.82. The third-order valence-electron chi connectivity index (χ3n) is 4.82. The van der Waals surface area contributed by atoms with E-state index in [1.807, 2.05) is 0 Å². The maximum Gasteiger partial charge on any atom is 0.0223 e. The first-order valence-electron chi connectivity index (χ1n) is 7.41. The Bertz CT molecular complexity index is 236. The molecule has 2 heteroatoms. The van der Waals surface area contributed by atoms with Gasteiger partial charge in [-0.1, -0.05) is 27.7 Å². The smallest absolute Gasteiger partial charge is 0.0223 e. The quantitative estimate of drug-likeness (QED) is 0.755. The molecule has 2 aliphatic heterocycles. The molecule has 0 radical (unpaired) electrons. The van der Waals surface area contributed by atoms with Gasteiger partial charge in [0.2, 0.25) is 0 Å². The Morgan fingerprint density at radius 1 is 1.06 bits per heavy atom. The molecular weight excluding hydrogens is 208 g/mol. The summed E-state index contributed by atoms with van der Waals surface area (Å²) in [6, 6.07) is 0.805. The fraction of sp³-hybridized carbons (Fsp3) is 1.00. The zero-order chi connectivity index (χ0) is 12.5. The summed E-state index contributed by atoms with van der Waals surface area (Å²) in [4.78, 5) is 2.74. The van der Waals surface area contributed by atoms with E-state index in [1.165, 1.54) is 45.4 Å². The van der Waals surface area contributed by atoms with Crippen molar-refractivity contribution in [3.05, 3.63) is 0 Å². The van der Waals surface area contributed by atoms with Crippen LogP contribution in [0.4, 0.5) is 0 Å². The van der Waals surface area contributed by atoms with E-state index >= 15 is 0 Å². The Labute approximate surface area is 107 Å². The molecule has 2 heterocycles. The van der Waals surface area contributed by atoms with Crippen molar-refractivity contribution < 1.29 is 0 Å². The van der Waals surface area contributed by atoms with Crippen LogP contribution in [-0.2, 0) is 0 Å². The summed E-state index contributed by atoms with van der Waals surface area (Å²) < 4.78 is 0. The number of hydrogen-bond acceptors (Lipinski definition) is 2. The molecule has 2 nitrogen and oxygen atoms in total. The van der Waals surface area contributed by atoms with Crippen LogP contribution in [0, 0.1) is 17.3 Å². The summed E-state index contributed by atoms with van der Waals surface area (Å²) in [5.41, 5.74) is 0.504. The van der Waals surface area contributed by atoms with E-state index in [9.17, 15) is 0 Å². The van der Waals surface area contributed by atoms with Crippen LogP contribution < -0.4 is 5.32 Å². The molecule has 2 saturated heterocycles. The first-order chi connectivity index (χ1) is 7.97. The summed E-state index contributed by atoms with van der Waals surface area (Å²) in [6.45, 7) is 14.6. The van der Waals surface area contributed by atoms with E-state index < -0.39 is 0 Å². The van der Waals surface area contributed by atoms with Crippen molar-refractivity contribution in [2.75, 3.05) is 26.2 Å². The second kappa shape index (κ2) is 5.27. The van der Waals surface area contributed by atoms with Gasteiger partial charge < -0.3 is 5.32 Å². The Morgan fingerprint density at radius 3 is 2.24 bits per heavy atom. The van der Waals surface area contributed by atoms with Gasteiger partial charge in [0.15, 0.2) is 0 Å². The molecule has 0 aromatic rings. The van der Waals surface area contributed by atoms with Crippen molar-refractivity contribution in [1.29, 1.82) is 0 Å². The lowest BCUT2D eigenvalue weighted by atomic mass is 9.75. The number of nitrogens with zero attached hydrogens (tertiary/aromatic N) is 1. The first-order valence-corrected chi connectivity index (χ1v) is 7.41. The first kappa shape index (κ1) is 13.4. The highest BCUT2D eigenvalue weighted by Crippen LogP contribution is 2.35. The Balaban J connectivity index is 1.82. The molecule has 0 amide bonds. The average Bonchev–Trinajstić information content (AvgIpc) is 2.28. The standard InChI is InChI=1S/C15H30N2/c1-12-9-14(11-16-10-12)17-7-5-13(6-8-17)15(2,3)4/h12-14,16H,5-11H2,1-4H3. The van der Waals surface area contributed by atoms with Crippen molar-refractivity contribution >= 4 is 0 Å². The fourth-order valence-corrected chi connectivity index (χ4v) is 3.54. The van der Waals surface area contributed by atoms with Gasteiger partial charge >= 0.3 is 0 Å². The summed E-state index contributed by atoms with van der Waals surface area (Å²) in [5, 5.41) is 3.58. The maximum absolute atomic E-state index is 3.58. The number of hydrogen-bond donors (Lipinski definition) is 1. The van der Waals surface area contributed by atoms with E-state index in [-0.39, 0.29) is 0 Å². The third kappa shape index (κ3) is 3.45. The number of nitrogens with one attached hydrogen (secondary N) is 1. The fourth-order valence-electron chi connectivity index (χ4n) is 3.54. The largest absolute Gasteiger partial charge is 0.315 e. The zero-order valence-corrected chi connectivity index (χ0v) is 12.1. The van der Waals surface area contributed by atoms with Gasteiger partial charge in [0, 0.05) is 12.6 Å². The minimum Gasteiger partial charge on any atom is -0.315 e. The minimum absolute atomic E-state index is 0.504. The molecule has 2 aliphatic rings. The molecule has 0 aliphatic carbocycles. The molecule has 2 atom stereocenters. The van der Waals surface area contributed by atoms with Crippen LogP contribution >= 0.6 is 0 Å². The second-order valence-corrected chi connectivity index (χ2v) is 7.33. The average molecular weight is 238 g/mol. The summed E-state index contributed by atoms with van der Waals surface area (Å²) in [6.07, 6.45) is 4.19. The minimum atomic E-state index is 0.504. The highest BCUT2D eigenvalue weighted by Gasteiger charge is 2.32. The predicted molar refractivity (Wildman–Crippen MR) is 74.2 cm³/mol. The molecule has 0 spiro atoms. The lowest BCUT2D eigenvalue weighted by Crippen LogP contribution is -2.51. The lowest BCUT2D eigenvalue weighted by Gasteiger charge is -2.44. The molecule has 100 valence electrons. The van der Waals surface area contributed by atoms with Crippen LogP contribution in [0.5, 0.6) is 0 Å². The topological polar surface area (TPSA) is 15.3 Å². The van der Waals surface area contributed by atoms with E-state index in [0.717, 1.165) is 17.9 Å². The number of piperidine rings is 2. The Hall–Kier alpha value is -0.0800. The van der Waals surface area contributed by atoms with Crippen LogP contribution in [0.15, 0.2) is 0 Å². The molecular formula is C15H30N2. The van der Waals surface area contributed by atoms with Gasteiger partial charge in [-0.05, 0) is 56.1 Å². The van der Waals surface area contributed by atoms with E-state index in [1.54, 1.807) is 0 Å². The van der Waals surface area contributed by atoms with Gasteiger partial charge in [-0.3, -0.25) is 4.90 Å². The molecule has 1 N–H and O–H groups in total. The van der Waals surface area contributed by atoms with Gasteiger partial charge in [-0.15, -0.1) is 0 Å². The van der Waals surface area contributed by atoms with Crippen molar-refractivity contribution in [2.24, 2.45) is 17.3 Å². The van der Waals surface area contributed by atoms with Gasteiger partial charge in [-0.25, -0.2) is 0 Å². The normalized spacial score (nSPS) is 33.9. The zero-order valence-electron chi connectivity index (χ0n) is 12.1. The van der Waals surface area contributed by atoms with E-state index in [0.29, 0.717) is 5.41 Å². The number of rotatable bonds is 1. The summed E-state index contributed by atoms with van der Waals surface area (Å²) in [7, 11) is 0. The van der Waals surface area contributed by atoms with E-state index in [2.05, 4.69) is 37.9 Å². The maximum atomic E-state index is 3.58. The molecule has 0 saturated carbocycles. The molecule has 2 rings (SSSR count). The molecule has 0 aromatic carbocycles. The van der Waals surface area contributed by atoms with Crippen LogP contribution in [0.1, 0.15) is 47.0 Å². The Kier molecular flexibility index (Phi) is 4.14. The van der Waals surface area contributed by atoms with Crippen molar-refractivity contribution in [1.82, 2.24) is 10.2 Å².